The number of fused-ring (bicyclic) bond motifs is 2. The van der Waals surface area contributed by atoms with Crippen LogP contribution in [0.2, 0.25) is 5.02 Å². The fourth-order valence-corrected chi connectivity index (χ4v) is 6.53. The van der Waals surface area contributed by atoms with Gasteiger partial charge in [-0.2, -0.15) is 0 Å². The predicted molar refractivity (Wildman–Crippen MR) is 156 cm³/mol. The minimum atomic E-state index is -0.527. The highest BCUT2D eigenvalue weighted by Crippen LogP contribution is 2.45. The van der Waals surface area contributed by atoms with Crippen molar-refractivity contribution in [1.29, 1.82) is 0 Å². The van der Waals surface area contributed by atoms with E-state index >= 15 is 0 Å². The molecule has 0 bridgehead atoms. The minimum absolute atomic E-state index is 0.00428. The van der Waals surface area contributed by atoms with Gasteiger partial charge in [-0.25, -0.2) is 0 Å². The number of hydrogen-bond donors (Lipinski definition) is 0. The molecule has 0 saturated carbocycles. The molecule has 1 atom stereocenters. The number of carbonyl (C=O) groups excluding carboxylic acids is 2. The summed E-state index contributed by atoms with van der Waals surface area (Å²) in [5.41, 5.74) is 3.82. The average Bonchev–Trinajstić information content (AvgIpc) is 2.91. The zero-order chi connectivity index (χ0) is 27.3. The Labute approximate surface area is 234 Å². The number of hydrogen-bond acceptors (Lipinski definition) is 4. The zero-order valence-electron chi connectivity index (χ0n) is 22.5. The van der Waals surface area contributed by atoms with Gasteiger partial charge in [0.25, 0.3) is 5.91 Å². The van der Waals surface area contributed by atoms with Gasteiger partial charge in [-0.15, -0.1) is 0 Å². The van der Waals surface area contributed by atoms with E-state index in [4.69, 9.17) is 16.3 Å². The van der Waals surface area contributed by atoms with E-state index in [0.29, 0.717) is 36.1 Å². The fraction of sp³-hybridized carbons (Fsp3) is 0.375. The lowest BCUT2D eigenvalue weighted by molar-refractivity contribution is -0.132. The molecule has 2 saturated heterocycles. The van der Waals surface area contributed by atoms with Crippen LogP contribution in [0.5, 0.6) is 5.75 Å². The topological polar surface area (TPSA) is 53.1 Å². The van der Waals surface area contributed by atoms with Crippen LogP contribution in [0.3, 0.4) is 0 Å². The molecule has 3 heterocycles. The van der Waals surface area contributed by atoms with Gasteiger partial charge in [0, 0.05) is 37.0 Å². The fourth-order valence-electron chi connectivity index (χ4n) is 6.27. The van der Waals surface area contributed by atoms with Crippen LogP contribution in [-0.2, 0) is 9.59 Å². The Kier molecular flexibility index (Phi) is 6.86. The summed E-state index contributed by atoms with van der Waals surface area (Å²) in [6.07, 6.45) is 2.66. The second kappa shape index (κ2) is 10.3. The number of piperidine rings is 1. The minimum Gasteiger partial charge on any atom is -0.478 e. The number of benzene rings is 3. The van der Waals surface area contributed by atoms with Crippen LogP contribution in [0.1, 0.15) is 18.4 Å². The summed E-state index contributed by atoms with van der Waals surface area (Å²) in [6.45, 7) is 9.35. The van der Waals surface area contributed by atoms with Crippen molar-refractivity contribution >= 4 is 39.9 Å². The van der Waals surface area contributed by atoms with Crippen molar-refractivity contribution in [2.24, 2.45) is 11.8 Å². The molecule has 202 valence electrons. The van der Waals surface area contributed by atoms with Crippen molar-refractivity contribution in [3.63, 3.8) is 0 Å². The van der Waals surface area contributed by atoms with Gasteiger partial charge in [-0.1, -0.05) is 54.6 Å². The Balaban J connectivity index is 1.39. The van der Waals surface area contributed by atoms with Crippen molar-refractivity contribution in [2.75, 3.05) is 44.7 Å². The number of nitrogens with zero attached hydrogens (tertiary/aromatic N) is 3. The summed E-state index contributed by atoms with van der Waals surface area (Å²) in [7, 11) is 2.12. The van der Waals surface area contributed by atoms with Gasteiger partial charge in [0.1, 0.15) is 5.75 Å². The predicted octanol–water partition coefficient (Wildman–Crippen LogP) is 5.55. The third-order valence-corrected chi connectivity index (χ3v) is 8.79. The van der Waals surface area contributed by atoms with E-state index < -0.39 is 6.10 Å². The van der Waals surface area contributed by atoms with Gasteiger partial charge in [-0.05, 0) is 80.0 Å². The lowest BCUT2D eigenvalue weighted by Gasteiger charge is -2.44. The highest BCUT2D eigenvalue weighted by Gasteiger charge is 2.43. The van der Waals surface area contributed by atoms with Crippen LogP contribution in [0.4, 0.5) is 5.69 Å². The van der Waals surface area contributed by atoms with E-state index in [1.807, 2.05) is 29.2 Å². The van der Waals surface area contributed by atoms with Crippen LogP contribution < -0.4 is 9.64 Å². The number of aryl methyl sites for hydroxylation is 1. The van der Waals surface area contributed by atoms with E-state index in [1.54, 1.807) is 4.90 Å². The molecule has 0 spiro atoms. The lowest BCUT2D eigenvalue weighted by Crippen LogP contribution is -2.57. The van der Waals surface area contributed by atoms with Crippen LogP contribution >= 0.6 is 11.6 Å². The van der Waals surface area contributed by atoms with Gasteiger partial charge in [0.2, 0.25) is 5.91 Å². The third kappa shape index (κ3) is 4.81. The number of amides is 2. The summed E-state index contributed by atoms with van der Waals surface area (Å²) in [5.74, 6) is 0.976. The second-order valence-electron chi connectivity index (χ2n) is 11.3. The normalized spacial score (nSPS) is 20.5. The highest BCUT2D eigenvalue weighted by atomic mass is 35.5. The van der Waals surface area contributed by atoms with Gasteiger partial charge in [-0.3, -0.25) is 9.59 Å². The molecule has 0 N–H and O–H groups in total. The number of rotatable bonds is 5. The lowest BCUT2D eigenvalue weighted by atomic mass is 9.88. The van der Waals surface area contributed by atoms with Crippen LogP contribution in [0, 0.1) is 18.8 Å². The number of carbonyl (C=O) groups is 2. The number of halogens is 1. The first-order chi connectivity index (χ1) is 18.8. The van der Waals surface area contributed by atoms with Crippen molar-refractivity contribution in [3.8, 4) is 16.9 Å². The van der Waals surface area contributed by atoms with Gasteiger partial charge >= 0.3 is 0 Å². The summed E-state index contributed by atoms with van der Waals surface area (Å²) < 4.78 is 6.57. The third-order valence-electron chi connectivity index (χ3n) is 8.47. The number of likely N-dealkylation sites (tertiary alicyclic amines) is 2. The van der Waals surface area contributed by atoms with Crippen LogP contribution in [0.15, 0.2) is 61.2 Å². The average molecular weight is 544 g/mol. The quantitative estimate of drug-likeness (QED) is 0.396. The molecule has 0 aromatic heterocycles. The Morgan fingerprint density at radius 2 is 1.85 bits per heavy atom. The molecule has 0 aliphatic carbocycles. The molecule has 2 fully saturated rings. The van der Waals surface area contributed by atoms with E-state index in [0.717, 1.165) is 53.4 Å². The van der Waals surface area contributed by atoms with Crippen LogP contribution in [-0.4, -0.2) is 67.5 Å². The van der Waals surface area contributed by atoms with Gasteiger partial charge < -0.3 is 19.4 Å². The molecule has 1 unspecified atom stereocenters. The maximum Gasteiger partial charge on any atom is 0.268 e. The molecular weight excluding hydrogens is 510 g/mol. The standard InChI is InChI=1S/C32H34ClN3O3/c1-4-30(37)35-17-21(18-35)19-36-28-16-27(33)26(25-14-20(2)13-23-7-5-6-8-24(23)25)15-29(28)39-31(32(36)38)22-9-11-34(3)12-10-22/h4-8,13-16,21-22,31H,1,9-12,17-19H2,2-3H3. The first-order valence-corrected chi connectivity index (χ1v) is 14.1. The molecule has 39 heavy (non-hydrogen) atoms. The highest BCUT2D eigenvalue weighted by molar-refractivity contribution is 6.34. The first kappa shape index (κ1) is 25.9. The summed E-state index contributed by atoms with van der Waals surface area (Å²) in [4.78, 5) is 31.9. The Morgan fingerprint density at radius 1 is 1.10 bits per heavy atom. The second-order valence-corrected chi connectivity index (χ2v) is 11.7. The molecular formula is C32H34ClN3O3. The summed E-state index contributed by atoms with van der Waals surface area (Å²) >= 11 is 6.97. The van der Waals surface area contributed by atoms with Gasteiger partial charge in [0.05, 0.1) is 10.7 Å². The van der Waals surface area contributed by atoms with Crippen molar-refractivity contribution in [2.45, 2.75) is 25.9 Å². The smallest absolute Gasteiger partial charge is 0.268 e. The first-order valence-electron chi connectivity index (χ1n) is 13.7. The number of ether oxygens (including phenoxy) is 1. The van der Waals surface area contributed by atoms with Crippen molar-refractivity contribution in [1.82, 2.24) is 9.80 Å². The summed E-state index contributed by atoms with van der Waals surface area (Å²) in [5, 5.41) is 2.87. The zero-order valence-corrected chi connectivity index (χ0v) is 23.3. The maximum absolute atomic E-state index is 13.9. The summed E-state index contributed by atoms with van der Waals surface area (Å²) in [6, 6.07) is 16.6. The Bertz CT molecular complexity index is 1460. The van der Waals surface area contributed by atoms with Crippen molar-refractivity contribution in [3.05, 3.63) is 71.8 Å². The monoisotopic (exact) mass is 543 g/mol. The van der Waals surface area contributed by atoms with Crippen LogP contribution in [0.25, 0.3) is 21.9 Å². The molecule has 2 amide bonds. The van der Waals surface area contributed by atoms with Gasteiger partial charge in [0.15, 0.2) is 6.10 Å². The largest absolute Gasteiger partial charge is 0.478 e. The molecule has 6 nitrogen and oxygen atoms in total. The van der Waals surface area contributed by atoms with E-state index in [2.05, 4.69) is 49.7 Å². The van der Waals surface area contributed by atoms with E-state index in [-0.39, 0.29) is 23.7 Å². The van der Waals surface area contributed by atoms with E-state index in [1.165, 1.54) is 6.08 Å². The molecule has 3 aromatic rings. The molecule has 3 aliphatic rings. The van der Waals surface area contributed by atoms with Crippen molar-refractivity contribution < 1.29 is 14.3 Å². The molecule has 6 rings (SSSR count). The molecule has 7 heteroatoms. The molecule has 0 radical (unpaired) electrons. The Morgan fingerprint density at radius 3 is 2.59 bits per heavy atom. The SMILES string of the molecule is C=CC(=O)N1CC(CN2C(=O)C(C3CCN(C)CC3)Oc3cc(-c4cc(C)cc5ccccc45)c(Cl)cc32)C1. The molecule has 3 aliphatic heterocycles. The Hall–Kier alpha value is -3.35. The number of anilines is 1. The molecule has 3 aromatic carbocycles. The van der Waals surface area contributed by atoms with E-state index in [9.17, 15) is 9.59 Å². The maximum atomic E-state index is 13.9.